The van der Waals surface area contributed by atoms with E-state index in [4.69, 9.17) is 9.72 Å². The first-order valence-corrected chi connectivity index (χ1v) is 11.3. The molecule has 6 nitrogen and oxygen atoms in total. The molecule has 2 heterocycles. The van der Waals surface area contributed by atoms with Crippen LogP contribution in [0.3, 0.4) is 0 Å². The van der Waals surface area contributed by atoms with Gasteiger partial charge in [0.15, 0.2) is 0 Å². The fourth-order valence-electron chi connectivity index (χ4n) is 3.86. The zero-order chi connectivity index (χ0) is 22.5. The number of hydrogen-bond acceptors (Lipinski definition) is 6. The topological polar surface area (TPSA) is 53.5 Å². The molecule has 4 rings (SSSR count). The summed E-state index contributed by atoms with van der Waals surface area (Å²) in [4.78, 5) is 14.1. The second-order valence-corrected chi connectivity index (χ2v) is 8.78. The molecule has 0 bridgehead atoms. The van der Waals surface area contributed by atoms with Crippen LogP contribution in [0.5, 0.6) is 5.75 Å². The van der Waals surface area contributed by atoms with E-state index in [1.54, 1.807) is 0 Å². The molecule has 0 aliphatic carbocycles. The first-order valence-electron chi connectivity index (χ1n) is 11.3. The van der Waals surface area contributed by atoms with Gasteiger partial charge in [0.25, 0.3) is 0 Å². The van der Waals surface area contributed by atoms with E-state index in [-0.39, 0.29) is 6.10 Å². The van der Waals surface area contributed by atoms with Crippen molar-refractivity contribution in [1.82, 2.24) is 14.9 Å². The highest BCUT2D eigenvalue weighted by atomic mass is 16.5. The summed E-state index contributed by atoms with van der Waals surface area (Å²) < 4.78 is 5.83. The molecule has 0 atom stereocenters. The predicted octanol–water partition coefficient (Wildman–Crippen LogP) is 4.66. The lowest BCUT2D eigenvalue weighted by molar-refractivity contribution is 0.242. The van der Waals surface area contributed by atoms with E-state index in [1.807, 2.05) is 32.2 Å². The van der Waals surface area contributed by atoms with Crippen LogP contribution in [0.2, 0.25) is 0 Å². The van der Waals surface area contributed by atoms with E-state index < -0.39 is 0 Å². The van der Waals surface area contributed by atoms with Gasteiger partial charge in [0.2, 0.25) is 5.95 Å². The van der Waals surface area contributed by atoms with E-state index in [0.29, 0.717) is 5.95 Å². The number of piperazine rings is 1. The standard InChI is InChI=1S/C26H33N5O/c1-19(2)32-24-7-5-6-21(16-24)17-25-20(3)18-27-26(29-25)28-22-8-10-23(11-9-22)31-14-12-30(4)13-15-31/h5-11,16,18-19H,12-15,17H2,1-4H3,(H,27,28,29). The zero-order valence-corrected chi connectivity index (χ0v) is 19.5. The molecule has 32 heavy (non-hydrogen) atoms. The lowest BCUT2D eigenvalue weighted by Crippen LogP contribution is -2.44. The normalized spacial score (nSPS) is 14.6. The SMILES string of the molecule is Cc1cnc(Nc2ccc(N3CCN(C)CC3)cc2)nc1Cc1cccc(OC(C)C)c1. The molecule has 0 saturated carbocycles. The third-order valence-electron chi connectivity index (χ3n) is 5.71. The molecule has 0 radical (unpaired) electrons. The van der Waals surface area contributed by atoms with E-state index in [9.17, 15) is 0 Å². The van der Waals surface area contributed by atoms with E-state index in [2.05, 4.69) is 70.5 Å². The van der Waals surface area contributed by atoms with Gasteiger partial charge < -0.3 is 19.9 Å². The molecule has 1 saturated heterocycles. The summed E-state index contributed by atoms with van der Waals surface area (Å²) in [5.74, 6) is 1.51. The molecule has 168 valence electrons. The van der Waals surface area contributed by atoms with Crippen LogP contribution in [0.25, 0.3) is 0 Å². The zero-order valence-electron chi connectivity index (χ0n) is 19.5. The van der Waals surface area contributed by atoms with Crippen LogP contribution >= 0.6 is 0 Å². The Balaban J connectivity index is 1.44. The molecule has 1 fully saturated rings. The van der Waals surface area contributed by atoms with Crippen LogP contribution in [-0.2, 0) is 6.42 Å². The summed E-state index contributed by atoms with van der Waals surface area (Å²) in [6.07, 6.45) is 2.78. The van der Waals surface area contributed by atoms with Crippen molar-refractivity contribution in [3.05, 3.63) is 71.5 Å². The lowest BCUT2D eigenvalue weighted by atomic mass is 10.1. The van der Waals surface area contributed by atoms with Crippen LogP contribution in [0, 0.1) is 6.92 Å². The highest BCUT2D eigenvalue weighted by Crippen LogP contribution is 2.22. The van der Waals surface area contributed by atoms with Gasteiger partial charge in [-0.3, -0.25) is 0 Å². The van der Waals surface area contributed by atoms with Crippen molar-refractivity contribution in [3.8, 4) is 5.75 Å². The summed E-state index contributed by atoms with van der Waals surface area (Å²) in [7, 11) is 2.18. The molecule has 6 heteroatoms. The number of nitrogens with zero attached hydrogens (tertiary/aromatic N) is 4. The molecule has 0 spiro atoms. The van der Waals surface area contributed by atoms with Gasteiger partial charge in [0.05, 0.1) is 11.8 Å². The molecule has 1 aliphatic rings. The van der Waals surface area contributed by atoms with Crippen LogP contribution in [-0.4, -0.2) is 54.2 Å². The Hall–Kier alpha value is -3.12. The van der Waals surface area contributed by atoms with Crippen molar-refractivity contribution < 1.29 is 4.74 Å². The number of aryl methyl sites for hydroxylation is 1. The third kappa shape index (κ3) is 5.77. The molecule has 0 unspecified atom stereocenters. The fourth-order valence-corrected chi connectivity index (χ4v) is 3.86. The van der Waals surface area contributed by atoms with Crippen molar-refractivity contribution in [2.75, 3.05) is 43.4 Å². The number of benzene rings is 2. The van der Waals surface area contributed by atoms with Gasteiger partial charge >= 0.3 is 0 Å². The maximum Gasteiger partial charge on any atom is 0.227 e. The summed E-state index contributed by atoms with van der Waals surface area (Å²) in [6.45, 7) is 10.5. The average Bonchev–Trinajstić information content (AvgIpc) is 2.77. The minimum atomic E-state index is 0.157. The predicted molar refractivity (Wildman–Crippen MR) is 131 cm³/mol. The highest BCUT2D eigenvalue weighted by molar-refractivity contribution is 5.59. The van der Waals surface area contributed by atoms with Crippen molar-refractivity contribution in [1.29, 1.82) is 0 Å². The Kier molecular flexibility index (Phi) is 6.90. The molecule has 1 aromatic heterocycles. The smallest absolute Gasteiger partial charge is 0.227 e. The molecule has 2 aromatic carbocycles. The summed E-state index contributed by atoms with van der Waals surface area (Å²) in [5.41, 5.74) is 5.52. The minimum Gasteiger partial charge on any atom is -0.491 e. The van der Waals surface area contributed by atoms with Crippen LogP contribution in [0.1, 0.15) is 30.7 Å². The first-order chi connectivity index (χ1) is 15.5. The van der Waals surface area contributed by atoms with E-state index >= 15 is 0 Å². The molecule has 1 N–H and O–H groups in total. The summed E-state index contributed by atoms with van der Waals surface area (Å²) >= 11 is 0. The Bertz CT molecular complexity index is 1030. The molecule has 0 amide bonds. The van der Waals surface area contributed by atoms with Crippen molar-refractivity contribution in [2.45, 2.75) is 33.3 Å². The molecular weight excluding hydrogens is 398 g/mol. The van der Waals surface area contributed by atoms with Crippen molar-refractivity contribution >= 4 is 17.3 Å². The number of rotatable bonds is 7. The van der Waals surface area contributed by atoms with Gasteiger partial charge in [-0.05, 0) is 75.3 Å². The average molecular weight is 432 g/mol. The number of likely N-dealkylation sites (N-methyl/N-ethyl adjacent to an activating group) is 1. The highest BCUT2D eigenvalue weighted by Gasteiger charge is 2.14. The summed E-state index contributed by atoms with van der Waals surface area (Å²) in [6, 6.07) is 16.8. The largest absolute Gasteiger partial charge is 0.491 e. The first kappa shape index (κ1) is 22.1. The van der Waals surface area contributed by atoms with Crippen LogP contribution in [0.4, 0.5) is 17.3 Å². The van der Waals surface area contributed by atoms with Gasteiger partial charge in [0.1, 0.15) is 5.75 Å². The monoisotopic (exact) mass is 431 g/mol. The molecule has 3 aromatic rings. The third-order valence-corrected chi connectivity index (χ3v) is 5.71. The Morgan fingerprint density at radius 1 is 1.03 bits per heavy atom. The summed E-state index contributed by atoms with van der Waals surface area (Å²) in [5, 5.41) is 3.36. The quantitative estimate of drug-likeness (QED) is 0.587. The maximum atomic E-state index is 5.83. The molecule has 1 aliphatic heterocycles. The van der Waals surface area contributed by atoms with Crippen molar-refractivity contribution in [3.63, 3.8) is 0 Å². The number of ether oxygens (including phenoxy) is 1. The fraction of sp³-hybridized carbons (Fsp3) is 0.385. The number of anilines is 3. The van der Waals surface area contributed by atoms with Gasteiger partial charge in [-0.15, -0.1) is 0 Å². The Labute approximate surface area is 191 Å². The van der Waals surface area contributed by atoms with Crippen molar-refractivity contribution in [2.24, 2.45) is 0 Å². The maximum absolute atomic E-state index is 5.83. The van der Waals surface area contributed by atoms with Gasteiger partial charge in [-0.25, -0.2) is 9.97 Å². The second kappa shape index (κ2) is 10.0. The van der Waals surface area contributed by atoms with Crippen LogP contribution in [0.15, 0.2) is 54.7 Å². The second-order valence-electron chi connectivity index (χ2n) is 8.78. The Morgan fingerprint density at radius 3 is 2.50 bits per heavy atom. The van der Waals surface area contributed by atoms with Gasteiger partial charge in [-0.2, -0.15) is 0 Å². The molecular formula is C26H33N5O. The minimum absolute atomic E-state index is 0.157. The Morgan fingerprint density at radius 2 is 1.78 bits per heavy atom. The lowest BCUT2D eigenvalue weighted by Gasteiger charge is -2.34. The number of hydrogen-bond donors (Lipinski definition) is 1. The van der Waals surface area contributed by atoms with Crippen LogP contribution < -0.4 is 15.0 Å². The van der Waals surface area contributed by atoms with Gasteiger partial charge in [0, 0.05) is 50.2 Å². The van der Waals surface area contributed by atoms with E-state index in [0.717, 1.165) is 55.3 Å². The van der Waals surface area contributed by atoms with E-state index in [1.165, 1.54) is 11.3 Å². The number of nitrogens with one attached hydrogen (secondary N) is 1. The number of aromatic nitrogens is 2. The van der Waals surface area contributed by atoms with Gasteiger partial charge in [-0.1, -0.05) is 12.1 Å².